The van der Waals surface area contributed by atoms with Crippen LogP contribution < -0.4 is 0 Å². The topological polar surface area (TPSA) is 42.4 Å². The van der Waals surface area contributed by atoms with Gasteiger partial charge >= 0.3 is 0 Å². The molecule has 2 aromatic rings. The van der Waals surface area contributed by atoms with Gasteiger partial charge in [0.25, 0.3) is 5.91 Å². The number of carbonyl (C=O) groups is 1. The summed E-state index contributed by atoms with van der Waals surface area (Å²) in [4.78, 5) is 19.4. The second-order valence-electron chi connectivity index (χ2n) is 5.67. The Morgan fingerprint density at radius 3 is 2.67 bits per heavy atom. The van der Waals surface area contributed by atoms with Gasteiger partial charge < -0.3 is 9.64 Å². The van der Waals surface area contributed by atoms with Crippen molar-refractivity contribution in [2.24, 2.45) is 0 Å². The molecule has 0 N–H and O–H groups in total. The summed E-state index contributed by atoms with van der Waals surface area (Å²) >= 11 is 0. The molecule has 1 saturated heterocycles. The summed E-state index contributed by atoms with van der Waals surface area (Å²) in [6, 6.07) is 9.81. The Morgan fingerprint density at radius 2 is 1.95 bits per heavy atom. The molecule has 3 rings (SSSR count). The van der Waals surface area contributed by atoms with Gasteiger partial charge in [-0.1, -0.05) is 32.0 Å². The fourth-order valence-corrected chi connectivity index (χ4v) is 2.61. The Morgan fingerprint density at radius 1 is 1.24 bits per heavy atom. The molecular formula is C17H20N2O2. The highest BCUT2D eigenvalue weighted by Gasteiger charge is 2.21. The SMILES string of the molecule is CC(C)c1cc(C(=O)N2CCOCC2)c2ccccc2n1. The third-order valence-corrected chi connectivity index (χ3v) is 3.86. The summed E-state index contributed by atoms with van der Waals surface area (Å²) in [5, 5.41) is 0.929. The van der Waals surface area contributed by atoms with Crippen molar-refractivity contribution >= 4 is 16.8 Å². The highest BCUT2D eigenvalue weighted by atomic mass is 16.5. The van der Waals surface area contributed by atoms with Crippen LogP contribution in [0.4, 0.5) is 0 Å². The van der Waals surface area contributed by atoms with Crippen molar-refractivity contribution in [2.75, 3.05) is 26.3 Å². The monoisotopic (exact) mass is 284 g/mol. The molecule has 4 heteroatoms. The number of benzene rings is 1. The van der Waals surface area contributed by atoms with Gasteiger partial charge in [0, 0.05) is 24.2 Å². The number of aromatic nitrogens is 1. The van der Waals surface area contributed by atoms with Crippen LogP contribution in [-0.2, 0) is 4.74 Å². The Bertz CT molecular complexity index is 661. The second kappa shape index (κ2) is 5.82. The van der Waals surface area contributed by atoms with E-state index >= 15 is 0 Å². The molecule has 1 aliphatic rings. The fraction of sp³-hybridized carbons (Fsp3) is 0.412. The van der Waals surface area contributed by atoms with Gasteiger partial charge in [0.2, 0.25) is 0 Å². The highest BCUT2D eigenvalue weighted by Crippen LogP contribution is 2.23. The Hall–Kier alpha value is -1.94. The lowest BCUT2D eigenvalue weighted by Crippen LogP contribution is -2.40. The summed E-state index contributed by atoms with van der Waals surface area (Å²) in [6.07, 6.45) is 0. The van der Waals surface area contributed by atoms with Crippen molar-refractivity contribution < 1.29 is 9.53 Å². The van der Waals surface area contributed by atoms with Gasteiger partial charge in [-0.2, -0.15) is 0 Å². The first-order chi connectivity index (χ1) is 10.2. The number of rotatable bonds is 2. The molecule has 21 heavy (non-hydrogen) atoms. The molecule has 1 aromatic carbocycles. The number of hydrogen-bond acceptors (Lipinski definition) is 3. The van der Waals surface area contributed by atoms with Crippen LogP contribution in [-0.4, -0.2) is 42.1 Å². The molecule has 0 bridgehead atoms. The average molecular weight is 284 g/mol. The molecule has 1 aliphatic heterocycles. The number of pyridine rings is 1. The molecule has 0 spiro atoms. The highest BCUT2D eigenvalue weighted by molar-refractivity contribution is 6.06. The standard InChI is InChI=1S/C17H20N2O2/c1-12(2)16-11-14(13-5-3-4-6-15(13)18-16)17(20)19-7-9-21-10-8-19/h3-6,11-12H,7-10H2,1-2H3. The van der Waals surface area contributed by atoms with Crippen molar-refractivity contribution in [1.29, 1.82) is 0 Å². The number of nitrogens with zero attached hydrogens (tertiary/aromatic N) is 2. The largest absolute Gasteiger partial charge is 0.378 e. The van der Waals surface area contributed by atoms with E-state index in [1.165, 1.54) is 0 Å². The summed E-state index contributed by atoms with van der Waals surface area (Å²) in [7, 11) is 0. The van der Waals surface area contributed by atoms with Crippen LogP contribution in [0.2, 0.25) is 0 Å². The second-order valence-corrected chi connectivity index (χ2v) is 5.67. The molecule has 4 nitrogen and oxygen atoms in total. The quantitative estimate of drug-likeness (QED) is 0.851. The molecule has 1 amide bonds. The lowest BCUT2D eigenvalue weighted by molar-refractivity contribution is 0.0304. The normalized spacial score (nSPS) is 15.7. The van der Waals surface area contributed by atoms with Crippen molar-refractivity contribution in [2.45, 2.75) is 19.8 Å². The van der Waals surface area contributed by atoms with E-state index in [-0.39, 0.29) is 5.91 Å². The van der Waals surface area contributed by atoms with Crippen molar-refractivity contribution in [3.05, 3.63) is 41.6 Å². The number of ether oxygens (including phenoxy) is 1. The van der Waals surface area contributed by atoms with E-state index in [0.29, 0.717) is 32.2 Å². The lowest BCUT2D eigenvalue weighted by atomic mass is 10.0. The van der Waals surface area contributed by atoms with Gasteiger partial charge in [0.05, 0.1) is 24.3 Å². The first kappa shape index (κ1) is 14.0. The van der Waals surface area contributed by atoms with Crippen LogP contribution >= 0.6 is 0 Å². The minimum Gasteiger partial charge on any atom is -0.378 e. The fourth-order valence-electron chi connectivity index (χ4n) is 2.61. The molecule has 0 aliphatic carbocycles. The maximum absolute atomic E-state index is 12.8. The number of carbonyl (C=O) groups excluding carboxylic acids is 1. The van der Waals surface area contributed by atoms with Gasteiger partial charge in [0.15, 0.2) is 0 Å². The number of morpholine rings is 1. The lowest BCUT2D eigenvalue weighted by Gasteiger charge is -2.27. The van der Waals surface area contributed by atoms with Crippen molar-refractivity contribution in [3.8, 4) is 0 Å². The Kier molecular flexibility index (Phi) is 3.88. The van der Waals surface area contributed by atoms with Gasteiger partial charge in [-0.05, 0) is 18.1 Å². The molecule has 0 unspecified atom stereocenters. The number of fused-ring (bicyclic) bond motifs is 1. The molecule has 2 heterocycles. The van der Waals surface area contributed by atoms with Crippen molar-refractivity contribution in [3.63, 3.8) is 0 Å². The predicted octanol–water partition coefficient (Wildman–Crippen LogP) is 2.83. The number of para-hydroxylation sites is 1. The maximum Gasteiger partial charge on any atom is 0.254 e. The minimum atomic E-state index is 0.0822. The van der Waals surface area contributed by atoms with E-state index in [0.717, 1.165) is 22.2 Å². The van der Waals surface area contributed by atoms with E-state index in [1.54, 1.807) is 0 Å². The molecule has 0 atom stereocenters. The van der Waals surface area contributed by atoms with Crippen LogP contribution in [0.3, 0.4) is 0 Å². The summed E-state index contributed by atoms with van der Waals surface area (Å²) in [5.74, 6) is 0.379. The van der Waals surface area contributed by atoms with Crippen LogP contribution in [0.15, 0.2) is 30.3 Å². The van der Waals surface area contributed by atoms with Gasteiger partial charge in [0.1, 0.15) is 0 Å². The first-order valence-electron chi connectivity index (χ1n) is 7.43. The maximum atomic E-state index is 12.8. The minimum absolute atomic E-state index is 0.0822. The zero-order chi connectivity index (χ0) is 14.8. The summed E-state index contributed by atoms with van der Waals surface area (Å²) in [5.41, 5.74) is 2.61. The number of amides is 1. The third kappa shape index (κ3) is 2.76. The van der Waals surface area contributed by atoms with E-state index in [1.807, 2.05) is 35.2 Å². The van der Waals surface area contributed by atoms with Crippen LogP contribution in [0.5, 0.6) is 0 Å². The van der Waals surface area contributed by atoms with E-state index in [2.05, 4.69) is 18.8 Å². The van der Waals surface area contributed by atoms with Gasteiger partial charge in [-0.3, -0.25) is 9.78 Å². The zero-order valence-corrected chi connectivity index (χ0v) is 12.5. The third-order valence-electron chi connectivity index (χ3n) is 3.86. The molecule has 110 valence electrons. The first-order valence-corrected chi connectivity index (χ1v) is 7.43. The molecular weight excluding hydrogens is 264 g/mol. The van der Waals surface area contributed by atoms with Crippen LogP contribution in [0.25, 0.3) is 10.9 Å². The van der Waals surface area contributed by atoms with Gasteiger partial charge in [-0.25, -0.2) is 0 Å². The summed E-state index contributed by atoms with van der Waals surface area (Å²) in [6.45, 7) is 6.75. The molecule has 1 fully saturated rings. The Labute approximate surface area is 124 Å². The average Bonchev–Trinajstić information content (AvgIpc) is 2.54. The summed E-state index contributed by atoms with van der Waals surface area (Å²) < 4.78 is 5.33. The molecule has 0 radical (unpaired) electrons. The number of hydrogen-bond donors (Lipinski definition) is 0. The molecule has 1 aromatic heterocycles. The molecule has 0 saturated carbocycles. The van der Waals surface area contributed by atoms with E-state index in [9.17, 15) is 4.79 Å². The van der Waals surface area contributed by atoms with Crippen LogP contribution in [0, 0.1) is 0 Å². The smallest absolute Gasteiger partial charge is 0.254 e. The van der Waals surface area contributed by atoms with Gasteiger partial charge in [-0.15, -0.1) is 0 Å². The predicted molar refractivity (Wildman–Crippen MR) is 82.6 cm³/mol. The van der Waals surface area contributed by atoms with Crippen LogP contribution in [0.1, 0.15) is 35.8 Å². The van der Waals surface area contributed by atoms with E-state index in [4.69, 9.17) is 4.74 Å². The zero-order valence-electron chi connectivity index (χ0n) is 12.5. The Balaban J connectivity index is 2.08. The van der Waals surface area contributed by atoms with E-state index < -0.39 is 0 Å². The van der Waals surface area contributed by atoms with Crippen molar-refractivity contribution in [1.82, 2.24) is 9.88 Å².